The van der Waals surface area contributed by atoms with E-state index < -0.39 is 16.9 Å². The van der Waals surface area contributed by atoms with Gasteiger partial charge in [0.15, 0.2) is 4.80 Å². The standard InChI is InChI=1S/C25H18BrN3O6S2/c1-3-34-24(31)21-13(2)27-25-28(22(21)19-5-4-10-36-19)23(30)20(37-25)12-15-7-9-18(35-15)16-8-6-14(29(32)33)11-17(16)26/h4-12,22H,3H2,1-2H3/b20-12-/t22-/m0/s1. The fraction of sp³-hybridized carbons (Fsp3) is 0.160. The molecular formula is C25H18BrN3O6S2. The molecule has 5 rings (SSSR count). The molecule has 0 unspecified atom stereocenters. The minimum Gasteiger partial charge on any atom is -0.463 e. The van der Waals surface area contributed by atoms with E-state index in [1.807, 2.05) is 17.5 Å². The average Bonchev–Trinajstić information content (AvgIpc) is 3.60. The molecule has 3 aromatic heterocycles. The first-order valence-electron chi connectivity index (χ1n) is 11.1. The Kier molecular flexibility index (Phi) is 6.80. The topological polar surface area (TPSA) is 117 Å². The van der Waals surface area contributed by atoms with Gasteiger partial charge in [-0.1, -0.05) is 17.4 Å². The molecule has 0 saturated carbocycles. The summed E-state index contributed by atoms with van der Waals surface area (Å²) in [5.41, 5.74) is 1.14. The molecule has 0 bridgehead atoms. The molecule has 0 spiro atoms. The van der Waals surface area contributed by atoms with Gasteiger partial charge in [-0.15, -0.1) is 11.3 Å². The Bertz CT molecular complexity index is 1750. The maximum atomic E-state index is 13.6. The molecule has 0 fully saturated rings. The molecule has 9 nitrogen and oxygen atoms in total. The number of ether oxygens (including phenoxy) is 1. The molecule has 1 aromatic carbocycles. The SMILES string of the molecule is CCOC(=O)C1=C(C)N=c2s/c(=C\c3ccc(-c4ccc([N+](=O)[O-])cc4Br)o3)c(=O)n2[C@H]1c1cccs1. The van der Waals surface area contributed by atoms with E-state index in [9.17, 15) is 19.7 Å². The third-order valence-electron chi connectivity index (χ3n) is 5.66. The molecule has 12 heteroatoms. The Morgan fingerprint density at radius 1 is 1.32 bits per heavy atom. The van der Waals surface area contributed by atoms with Crippen molar-refractivity contribution in [2.24, 2.45) is 4.99 Å². The number of carbonyl (C=O) groups is 1. The van der Waals surface area contributed by atoms with E-state index in [1.54, 1.807) is 38.1 Å². The van der Waals surface area contributed by atoms with Gasteiger partial charge in [-0.2, -0.15) is 0 Å². The van der Waals surface area contributed by atoms with Gasteiger partial charge in [0.05, 0.1) is 27.3 Å². The number of furan rings is 1. The molecule has 37 heavy (non-hydrogen) atoms. The summed E-state index contributed by atoms with van der Waals surface area (Å²) in [6, 6.07) is 11.0. The Morgan fingerprint density at radius 3 is 2.81 bits per heavy atom. The van der Waals surface area contributed by atoms with Crippen molar-refractivity contribution in [1.82, 2.24) is 4.57 Å². The Balaban J connectivity index is 1.59. The first kappa shape index (κ1) is 25.1. The fourth-order valence-electron chi connectivity index (χ4n) is 4.03. The van der Waals surface area contributed by atoms with Crippen molar-refractivity contribution in [3.8, 4) is 11.3 Å². The largest absolute Gasteiger partial charge is 0.463 e. The number of rotatable bonds is 6. The minimum atomic E-state index is -0.638. The van der Waals surface area contributed by atoms with E-state index >= 15 is 0 Å². The lowest BCUT2D eigenvalue weighted by molar-refractivity contribution is -0.384. The van der Waals surface area contributed by atoms with Crippen LogP contribution in [0.5, 0.6) is 0 Å². The van der Waals surface area contributed by atoms with Crippen LogP contribution < -0.4 is 14.9 Å². The number of thiazole rings is 1. The third-order valence-corrected chi connectivity index (χ3v) is 8.22. The fourth-order valence-corrected chi connectivity index (χ4v) is 6.44. The van der Waals surface area contributed by atoms with Crippen LogP contribution in [-0.4, -0.2) is 22.1 Å². The number of fused-ring (bicyclic) bond motifs is 1. The van der Waals surface area contributed by atoms with Gasteiger partial charge >= 0.3 is 5.97 Å². The van der Waals surface area contributed by atoms with Gasteiger partial charge in [0.25, 0.3) is 11.2 Å². The number of nitrogens with zero attached hydrogens (tertiary/aromatic N) is 3. The number of hydrogen-bond donors (Lipinski definition) is 0. The summed E-state index contributed by atoms with van der Waals surface area (Å²) in [7, 11) is 0. The second kappa shape index (κ2) is 10.0. The molecule has 1 atom stereocenters. The lowest BCUT2D eigenvalue weighted by Gasteiger charge is -2.23. The minimum absolute atomic E-state index is 0.0405. The molecule has 0 radical (unpaired) electrons. The van der Waals surface area contributed by atoms with Gasteiger partial charge in [0.1, 0.15) is 17.6 Å². The van der Waals surface area contributed by atoms with E-state index in [4.69, 9.17) is 9.15 Å². The van der Waals surface area contributed by atoms with Crippen molar-refractivity contribution >= 4 is 56.3 Å². The molecule has 0 amide bonds. The lowest BCUT2D eigenvalue weighted by Crippen LogP contribution is -2.39. The Morgan fingerprint density at radius 2 is 2.14 bits per heavy atom. The van der Waals surface area contributed by atoms with Crippen molar-refractivity contribution in [3.05, 3.63) is 104 Å². The molecule has 0 N–H and O–H groups in total. The van der Waals surface area contributed by atoms with E-state index in [0.29, 0.717) is 42.2 Å². The number of hydrogen-bond acceptors (Lipinski definition) is 9. The number of benzene rings is 1. The molecule has 4 aromatic rings. The van der Waals surface area contributed by atoms with Crippen LogP contribution >= 0.6 is 38.6 Å². The summed E-state index contributed by atoms with van der Waals surface area (Å²) in [5.74, 6) is 0.415. The molecular weight excluding hydrogens is 582 g/mol. The van der Waals surface area contributed by atoms with Crippen LogP contribution in [0.15, 0.2) is 77.8 Å². The quantitative estimate of drug-likeness (QED) is 0.179. The van der Waals surface area contributed by atoms with E-state index in [-0.39, 0.29) is 17.9 Å². The van der Waals surface area contributed by atoms with Gasteiger partial charge < -0.3 is 9.15 Å². The van der Waals surface area contributed by atoms with Crippen LogP contribution in [0, 0.1) is 10.1 Å². The van der Waals surface area contributed by atoms with E-state index in [0.717, 1.165) is 4.88 Å². The van der Waals surface area contributed by atoms with E-state index in [2.05, 4.69) is 20.9 Å². The first-order valence-corrected chi connectivity index (χ1v) is 13.5. The van der Waals surface area contributed by atoms with Crippen LogP contribution in [0.25, 0.3) is 17.4 Å². The van der Waals surface area contributed by atoms with E-state index in [1.165, 1.54) is 39.4 Å². The predicted octanol–water partition coefficient (Wildman–Crippen LogP) is 4.79. The highest BCUT2D eigenvalue weighted by molar-refractivity contribution is 9.10. The summed E-state index contributed by atoms with van der Waals surface area (Å²) in [6.45, 7) is 3.68. The van der Waals surface area contributed by atoms with Crippen LogP contribution in [0.4, 0.5) is 5.69 Å². The first-order chi connectivity index (χ1) is 17.8. The van der Waals surface area contributed by atoms with Crippen molar-refractivity contribution < 1.29 is 18.9 Å². The summed E-state index contributed by atoms with van der Waals surface area (Å²) < 4.78 is 13.7. The number of nitro benzene ring substituents is 1. The highest BCUT2D eigenvalue weighted by atomic mass is 79.9. The highest BCUT2D eigenvalue weighted by Gasteiger charge is 2.33. The summed E-state index contributed by atoms with van der Waals surface area (Å²) in [6.07, 6.45) is 1.63. The predicted molar refractivity (Wildman–Crippen MR) is 143 cm³/mol. The number of non-ortho nitro benzene ring substituents is 1. The smallest absolute Gasteiger partial charge is 0.338 e. The number of thiophene rings is 1. The van der Waals surface area contributed by atoms with Crippen LogP contribution in [-0.2, 0) is 9.53 Å². The van der Waals surface area contributed by atoms with Crippen LogP contribution in [0.3, 0.4) is 0 Å². The highest BCUT2D eigenvalue weighted by Crippen LogP contribution is 2.34. The normalized spacial score (nSPS) is 15.4. The molecule has 1 aliphatic heterocycles. The molecule has 4 heterocycles. The lowest BCUT2D eigenvalue weighted by atomic mass is 10.0. The van der Waals surface area contributed by atoms with Crippen molar-refractivity contribution in [2.45, 2.75) is 19.9 Å². The number of esters is 1. The zero-order chi connectivity index (χ0) is 26.3. The summed E-state index contributed by atoms with van der Waals surface area (Å²) >= 11 is 6.01. The van der Waals surface area contributed by atoms with Gasteiger partial charge in [-0.25, -0.2) is 9.79 Å². The summed E-state index contributed by atoms with van der Waals surface area (Å²) in [4.78, 5) is 42.8. The zero-order valence-corrected chi connectivity index (χ0v) is 22.7. The number of aromatic nitrogens is 1. The summed E-state index contributed by atoms with van der Waals surface area (Å²) in [5, 5.41) is 12.9. The molecule has 1 aliphatic rings. The average molecular weight is 600 g/mol. The molecule has 188 valence electrons. The van der Waals surface area contributed by atoms with Crippen molar-refractivity contribution in [3.63, 3.8) is 0 Å². The third kappa shape index (κ3) is 4.63. The number of carbonyl (C=O) groups excluding carboxylic acids is 1. The second-order valence-corrected chi connectivity index (χ2v) is 10.8. The number of nitro groups is 1. The van der Waals surface area contributed by atoms with Crippen molar-refractivity contribution in [1.29, 1.82) is 0 Å². The Labute approximate surface area is 225 Å². The Hall–Kier alpha value is -3.61. The molecule has 0 aliphatic carbocycles. The number of halogens is 1. The van der Waals surface area contributed by atoms with Crippen LogP contribution in [0.2, 0.25) is 0 Å². The maximum absolute atomic E-state index is 13.6. The zero-order valence-electron chi connectivity index (χ0n) is 19.5. The van der Waals surface area contributed by atoms with Crippen molar-refractivity contribution in [2.75, 3.05) is 6.61 Å². The second-order valence-electron chi connectivity index (χ2n) is 7.94. The molecule has 0 saturated heterocycles. The van der Waals surface area contributed by atoms with Gasteiger partial charge in [0, 0.05) is 33.1 Å². The van der Waals surface area contributed by atoms with Crippen LogP contribution in [0.1, 0.15) is 30.5 Å². The number of allylic oxidation sites excluding steroid dienone is 1. The van der Waals surface area contributed by atoms with Gasteiger partial charge in [0.2, 0.25) is 0 Å². The van der Waals surface area contributed by atoms with Gasteiger partial charge in [-0.05, 0) is 59.4 Å². The maximum Gasteiger partial charge on any atom is 0.338 e. The van der Waals surface area contributed by atoms with Gasteiger partial charge in [-0.3, -0.25) is 19.5 Å². The monoisotopic (exact) mass is 599 g/mol.